The van der Waals surface area contributed by atoms with E-state index in [-0.39, 0.29) is 13.1 Å². The van der Waals surface area contributed by atoms with Crippen molar-refractivity contribution in [2.75, 3.05) is 39.4 Å². The lowest BCUT2D eigenvalue weighted by Gasteiger charge is -2.26. The van der Waals surface area contributed by atoms with Gasteiger partial charge >= 0.3 is 5.97 Å². The van der Waals surface area contributed by atoms with Gasteiger partial charge in [0, 0.05) is 38.3 Å². The first kappa shape index (κ1) is 35.2. The maximum Gasteiger partial charge on any atom is 0.328 e. The van der Waals surface area contributed by atoms with Gasteiger partial charge in [-0.2, -0.15) is 0 Å². The molecule has 0 heterocycles. The van der Waals surface area contributed by atoms with Crippen molar-refractivity contribution < 1.29 is 75.3 Å². The Morgan fingerprint density at radius 3 is 1.32 bits per heavy atom. The fourth-order valence-corrected chi connectivity index (χ4v) is 2.77. The van der Waals surface area contributed by atoms with Gasteiger partial charge in [-0.15, -0.1) is 0 Å². The second kappa shape index (κ2) is 17.7. The van der Waals surface area contributed by atoms with Crippen LogP contribution in [0.1, 0.15) is 0 Å². The van der Waals surface area contributed by atoms with Crippen LogP contribution < -0.4 is 10.6 Å². The van der Waals surface area contributed by atoms with Gasteiger partial charge in [0.25, 0.3) is 11.8 Å². The molecule has 38 heavy (non-hydrogen) atoms. The Balaban J connectivity index is 5.07. The van der Waals surface area contributed by atoms with Crippen LogP contribution in [0.2, 0.25) is 0 Å². The van der Waals surface area contributed by atoms with E-state index >= 15 is 0 Å². The Kier molecular flexibility index (Phi) is 16.4. The molecule has 8 atom stereocenters. The van der Waals surface area contributed by atoms with Gasteiger partial charge < -0.3 is 71.7 Å². The molecule has 0 saturated heterocycles. The summed E-state index contributed by atoms with van der Waals surface area (Å²) < 4.78 is 0. The van der Waals surface area contributed by atoms with Crippen LogP contribution in [0, 0.1) is 0 Å². The smallest absolute Gasteiger partial charge is 0.328 e. The van der Waals surface area contributed by atoms with Crippen molar-refractivity contribution in [3.63, 3.8) is 0 Å². The number of aliphatic carboxylic acids is 1. The van der Waals surface area contributed by atoms with E-state index < -0.39 is 98.8 Å². The quantitative estimate of drug-likeness (QED) is 0.0696. The maximum atomic E-state index is 12.3. The van der Waals surface area contributed by atoms with Crippen LogP contribution in [-0.4, -0.2) is 173 Å². The average molecular weight is 558 g/mol. The number of hydrogen-bond donors (Lipinski definition) is 13. The van der Waals surface area contributed by atoms with Gasteiger partial charge in [0.05, 0.1) is 13.2 Å². The molecule has 0 bridgehead atoms. The first-order valence-corrected chi connectivity index (χ1v) is 11.1. The van der Waals surface area contributed by atoms with Crippen LogP contribution in [0.3, 0.4) is 0 Å². The second-order valence-electron chi connectivity index (χ2n) is 7.93. The molecule has 0 radical (unpaired) electrons. The Labute approximate surface area is 215 Å². The number of aliphatic hydroxyl groups is 10. The van der Waals surface area contributed by atoms with Crippen LogP contribution in [0.5, 0.6) is 0 Å². The van der Waals surface area contributed by atoms with Gasteiger partial charge in [-0.3, -0.25) is 14.4 Å². The van der Waals surface area contributed by atoms with E-state index in [0.29, 0.717) is 12.2 Å². The highest BCUT2D eigenvalue weighted by molar-refractivity contribution is 5.94. The first-order valence-electron chi connectivity index (χ1n) is 11.1. The lowest BCUT2D eigenvalue weighted by Crippen LogP contribution is -2.53. The molecule has 0 aliphatic rings. The van der Waals surface area contributed by atoms with Crippen molar-refractivity contribution in [3.8, 4) is 0 Å². The van der Waals surface area contributed by atoms with Crippen molar-refractivity contribution >= 4 is 23.7 Å². The zero-order valence-electron chi connectivity index (χ0n) is 20.0. The zero-order chi connectivity index (χ0) is 29.6. The summed E-state index contributed by atoms with van der Waals surface area (Å²) in [6.45, 7) is -3.41. The highest BCUT2D eigenvalue weighted by Crippen LogP contribution is 2.06. The van der Waals surface area contributed by atoms with Crippen molar-refractivity contribution in [2.45, 2.75) is 48.8 Å². The van der Waals surface area contributed by atoms with E-state index in [1.165, 1.54) is 0 Å². The lowest BCUT2D eigenvalue weighted by molar-refractivity contribution is -0.149. The van der Waals surface area contributed by atoms with Crippen LogP contribution in [-0.2, 0) is 19.2 Å². The summed E-state index contributed by atoms with van der Waals surface area (Å²) in [7, 11) is 0. The maximum absolute atomic E-state index is 12.3. The molecule has 3 amide bonds. The zero-order valence-corrected chi connectivity index (χ0v) is 20.0. The number of nitrogens with one attached hydrogen (secondary N) is 2. The summed E-state index contributed by atoms with van der Waals surface area (Å²) in [6.07, 6.45) is -15.5. The predicted molar refractivity (Wildman–Crippen MR) is 122 cm³/mol. The summed E-state index contributed by atoms with van der Waals surface area (Å²) in [6, 6.07) is 0. The van der Waals surface area contributed by atoms with E-state index in [2.05, 4.69) is 10.6 Å². The number of nitrogens with zero attached hydrogens (tertiary/aromatic N) is 1. The lowest BCUT2D eigenvalue weighted by atomic mass is 10.0. The van der Waals surface area contributed by atoms with E-state index in [0.717, 1.165) is 4.90 Å². The molecule has 0 aliphatic heterocycles. The molecule has 0 aromatic heterocycles. The highest BCUT2D eigenvalue weighted by Gasteiger charge is 2.35. The molecule has 0 rings (SSSR count). The summed E-state index contributed by atoms with van der Waals surface area (Å²) in [4.78, 5) is 47.9. The summed E-state index contributed by atoms with van der Waals surface area (Å²) in [5.74, 6) is -4.82. The third-order valence-corrected chi connectivity index (χ3v) is 5.09. The number of carbonyl (C=O) groups excluding carboxylic acids is 3. The SMILES string of the molecule is O=C(O)/C=C\C(=O)N(CCNC(=O)C(O)C(O)C(O)C(O)CO)CCNC(=O)C(O)C(O)C(O)C(O)CO. The average Bonchev–Trinajstić information content (AvgIpc) is 2.90. The van der Waals surface area contributed by atoms with Crippen LogP contribution in [0.25, 0.3) is 0 Å². The van der Waals surface area contributed by atoms with Gasteiger partial charge in [-0.25, -0.2) is 4.79 Å². The summed E-state index contributed by atoms with van der Waals surface area (Å²) >= 11 is 0. The first-order chi connectivity index (χ1) is 17.7. The molecule has 0 fully saturated rings. The summed E-state index contributed by atoms with van der Waals surface area (Å²) in [5.41, 5.74) is 0. The number of aliphatic hydroxyl groups excluding tert-OH is 10. The minimum Gasteiger partial charge on any atom is -0.478 e. The monoisotopic (exact) mass is 557 g/mol. The largest absolute Gasteiger partial charge is 0.478 e. The standard InChI is InChI=1S/C20H35N3O15/c24-7-9(26)13(31)15(33)17(35)19(37)21-3-5-23(11(28)1-2-12(29)30)6-4-22-20(38)18(36)16(34)14(32)10(27)8-25/h1-2,9-10,13-18,24-27,31-36H,3-8H2,(H,21,37)(H,22,38)(H,29,30)/b2-1-. The van der Waals surface area contributed by atoms with Gasteiger partial charge in [0.2, 0.25) is 5.91 Å². The number of hydrogen-bond acceptors (Lipinski definition) is 14. The van der Waals surface area contributed by atoms with Gasteiger partial charge in [0.15, 0.2) is 12.2 Å². The molecule has 0 saturated carbocycles. The Morgan fingerprint density at radius 2 is 1.00 bits per heavy atom. The Hall–Kier alpha value is -2.78. The van der Waals surface area contributed by atoms with Crippen LogP contribution >= 0.6 is 0 Å². The minimum absolute atomic E-state index is 0.346. The van der Waals surface area contributed by atoms with Crippen molar-refractivity contribution in [3.05, 3.63) is 12.2 Å². The predicted octanol–water partition coefficient (Wildman–Crippen LogP) is -8.44. The number of amides is 3. The van der Waals surface area contributed by atoms with Crippen molar-refractivity contribution in [1.29, 1.82) is 0 Å². The Bertz CT molecular complexity index is 752. The van der Waals surface area contributed by atoms with E-state index in [1.54, 1.807) is 0 Å². The molecule has 0 aromatic carbocycles. The fourth-order valence-electron chi connectivity index (χ4n) is 2.77. The molecular formula is C20H35N3O15. The number of carbonyl (C=O) groups is 4. The van der Waals surface area contributed by atoms with E-state index in [1.807, 2.05) is 0 Å². The van der Waals surface area contributed by atoms with Crippen LogP contribution in [0.15, 0.2) is 12.2 Å². The normalized spacial score (nSPS) is 17.9. The molecule has 0 spiro atoms. The topological polar surface area (TPSA) is 318 Å². The highest BCUT2D eigenvalue weighted by atomic mass is 16.4. The second-order valence-corrected chi connectivity index (χ2v) is 7.93. The molecule has 13 N–H and O–H groups in total. The van der Waals surface area contributed by atoms with Gasteiger partial charge in [-0.05, 0) is 0 Å². The molecule has 220 valence electrons. The van der Waals surface area contributed by atoms with Gasteiger partial charge in [-0.1, -0.05) is 0 Å². The fraction of sp³-hybridized carbons (Fsp3) is 0.700. The third kappa shape index (κ3) is 11.7. The van der Waals surface area contributed by atoms with Crippen molar-refractivity contribution in [2.24, 2.45) is 0 Å². The number of carboxylic acids is 1. The number of carboxylic acid groups (broad SMARTS) is 1. The molecule has 0 aromatic rings. The Morgan fingerprint density at radius 1 is 0.632 bits per heavy atom. The molecular weight excluding hydrogens is 522 g/mol. The minimum atomic E-state index is -2.24. The van der Waals surface area contributed by atoms with Crippen molar-refractivity contribution in [1.82, 2.24) is 15.5 Å². The third-order valence-electron chi connectivity index (χ3n) is 5.09. The number of rotatable bonds is 18. The molecule has 8 unspecified atom stereocenters. The van der Waals surface area contributed by atoms with Gasteiger partial charge in [0.1, 0.15) is 36.6 Å². The van der Waals surface area contributed by atoms with Crippen LogP contribution in [0.4, 0.5) is 0 Å². The molecule has 18 heteroatoms. The molecule has 0 aliphatic carbocycles. The summed E-state index contributed by atoms with van der Waals surface area (Å²) in [5, 5.41) is 107. The molecule has 18 nitrogen and oxygen atoms in total. The van der Waals surface area contributed by atoms with E-state index in [4.69, 9.17) is 15.3 Å². The van der Waals surface area contributed by atoms with E-state index in [9.17, 15) is 60.0 Å².